The maximum absolute atomic E-state index is 12.4. The second kappa shape index (κ2) is 10.5. The highest BCUT2D eigenvalue weighted by molar-refractivity contribution is 7.89. The second-order valence-corrected chi connectivity index (χ2v) is 9.24. The third-order valence-electron chi connectivity index (χ3n) is 4.10. The SMILES string of the molecule is CC(C)NS(=O)(=O)c1ccc(OCC(=O)Nc2ccccc2Oc2ccccc2)c(Cl)c1. The Morgan fingerprint density at radius 3 is 2.34 bits per heavy atom. The Morgan fingerprint density at radius 2 is 1.66 bits per heavy atom. The number of nitrogens with one attached hydrogen (secondary N) is 2. The minimum Gasteiger partial charge on any atom is -0.482 e. The molecule has 0 bridgehead atoms. The van der Waals surface area contributed by atoms with Gasteiger partial charge in [0, 0.05) is 6.04 Å². The maximum Gasteiger partial charge on any atom is 0.262 e. The molecule has 0 saturated carbocycles. The van der Waals surface area contributed by atoms with E-state index in [1.165, 1.54) is 18.2 Å². The third-order valence-corrected chi connectivity index (χ3v) is 6.05. The summed E-state index contributed by atoms with van der Waals surface area (Å²) in [7, 11) is -3.68. The van der Waals surface area contributed by atoms with Crippen molar-refractivity contribution in [3.05, 3.63) is 77.8 Å². The number of anilines is 1. The van der Waals surface area contributed by atoms with Gasteiger partial charge in [-0.2, -0.15) is 0 Å². The molecule has 0 saturated heterocycles. The Kier molecular flexibility index (Phi) is 7.74. The van der Waals surface area contributed by atoms with Crippen LogP contribution >= 0.6 is 11.6 Å². The average molecular weight is 475 g/mol. The average Bonchev–Trinajstić information content (AvgIpc) is 2.74. The van der Waals surface area contributed by atoms with E-state index in [2.05, 4.69) is 10.0 Å². The van der Waals surface area contributed by atoms with Crippen LogP contribution in [0.25, 0.3) is 0 Å². The van der Waals surface area contributed by atoms with Gasteiger partial charge in [0.2, 0.25) is 10.0 Å². The van der Waals surface area contributed by atoms with Crippen molar-refractivity contribution in [3.63, 3.8) is 0 Å². The van der Waals surface area contributed by atoms with Gasteiger partial charge in [-0.15, -0.1) is 0 Å². The number of amides is 1. The molecule has 0 fully saturated rings. The van der Waals surface area contributed by atoms with Crippen molar-refractivity contribution in [1.29, 1.82) is 0 Å². The quantitative estimate of drug-likeness (QED) is 0.463. The summed E-state index contributed by atoms with van der Waals surface area (Å²) in [5.74, 6) is 0.888. The van der Waals surface area contributed by atoms with E-state index in [9.17, 15) is 13.2 Å². The van der Waals surface area contributed by atoms with Crippen LogP contribution < -0.4 is 19.5 Å². The molecular formula is C23H23ClN2O5S. The van der Waals surface area contributed by atoms with Crippen LogP contribution in [0.1, 0.15) is 13.8 Å². The molecule has 7 nitrogen and oxygen atoms in total. The molecule has 0 unspecified atom stereocenters. The van der Waals surface area contributed by atoms with Crippen LogP contribution in [0.4, 0.5) is 5.69 Å². The van der Waals surface area contributed by atoms with E-state index in [1.807, 2.05) is 30.3 Å². The number of ether oxygens (including phenoxy) is 2. The predicted octanol–water partition coefficient (Wildman–Crippen LogP) is 4.84. The first kappa shape index (κ1) is 23.6. The number of benzene rings is 3. The van der Waals surface area contributed by atoms with Crippen molar-refractivity contribution in [1.82, 2.24) is 4.72 Å². The highest BCUT2D eigenvalue weighted by atomic mass is 35.5. The minimum atomic E-state index is -3.68. The number of carbonyl (C=O) groups is 1. The van der Waals surface area contributed by atoms with Crippen LogP contribution in [0.3, 0.4) is 0 Å². The van der Waals surface area contributed by atoms with Crippen molar-refractivity contribution in [3.8, 4) is 17.2 Å². The van der Waals surface area contributed by atoms with Crippen LogP contribution in [0, 0.1) is 0 Å². The summed E-state index contributed by atoms with van der Waals surface area (Å²) in [6, 6.07) is 20.0. The monoisotopic (exact) mass is 474 g/mol. The number of rotatable bonds is 9. The van der Waals surface area contributed by atoms with Crippen molar-refractivity contribution in [2.24, 2.45) is 0 Å². The fourth-order valence-corrected chi connectivity index (χ4v) is 4.32. The van der Waals surface area contributed by atoms with Gasteiger partial charge in [0.25, 0.3) is 5.91 Å². The fourth-order valence-electron chi connectivity index (χ4n) is 2.75. The van der Waals surface area contributed by atoms with Gasteiger partial charge in [-0.05, 0) is 56.3 Å². The number of sulfonamides is 1. The summed E-state index contributed by atoms with van der Waals surface area (Å²) in [5, 5.41) is 2.82. The summed E-state index contributed by atoms with van der Waals surface area (Å²) in [5.41, 5.74) is 0.484. The fraction of sp³-hybridized carbons (Fsp3) is 0.174. The van der Waals surface area contributed by atoms with Crippen molar-refractivity contribution in [2.45, 2.75) is 24.8 Å². The molecule has 0 spiro atoms. The van der Waals surface area contributed by atoms with Crippen molar-refractivity contribution < 1.29 is 22.7 Å². The molecule has 2 N–H and O–H groups in total. The van der Waals surface area contributed by atoms with Gasteiger partial charge in [0.15, 0.2) is 12.4 Å². The molecule has 3 aromatic rings. The Labute approximate surface area is 192 Å². The van der Waals surface area contributed by atoms with Gasteiger partial charge in [0.1, 0.15) is 11.5 Å². The van der Waals surface area contributed by atoms with Crippen LogP contribution in [-0.4, -0.2) is 27.0 Å². The number of carbonyl (C=O) groups excluding carboxylic acids is 1. The Balaban J connectivity index is 1.63. The summed E-state index contributed by atoms with van der Waals surface area (Å²) in [6.45, 7) is 3.12. The summed E-state index contributed by atoms with van der Waals surface area (Å²) < 4.78 is 38.3. The van der Waals surface area contributed by atoms with Crippen LogP contribution in [0.5, 0.6) is 17.2 Å². The van der Waals surface area contributed by atoms with Crippen LogP contribution in [-0.2, 0) is 14.8 Å². The second-order valence-electron chi connectivity index (χ2n) is 7.12. The van der Waals surface area contributed by atoms with E-state index in [4.69, 9.17) is 21.1 Å². The number of para-hydroxylation sites is 3. The van der Waals surface area contributed by atoms with E-state index >= 15 is 0 Å². The molecule has 0 radical (unpaired) electrons. The van der Waals surface area contributed by atoms with Gasteiger partial charge in [-0.25, -0.2) is 13.1 Å². The Morgan fingerprint density at radius 1 is 0.969 bits per heavy atom. The van der Waals surface area contributed by atoms with Crippen molar-refractivity contribution in [2.75, 3.05) is 11.9 Å². The first-order valence-electron chi connectivity index (χ1n) is 9.81. The normalized spacial score (nSPS) is 11.2. The minimum absolute atomic E-state index is 0.0139. The van der Waals surface area contributed by atoms with Crippen LogP contribution in [0.2, 0.25) is 5.02 Å². The first-order valence-corrected chi connectivity index (χ1v) is 11.7. The zero-order valence-corrected chi connectivity index (χ0v) is 19.1. The van der Waals surface area contributed by atoms with E-state index < -0.39 is 15.9 Å². The Bertz CT molecular complexity index is 1180. The van der Waals surface area contributed by atoms with Gasteiger partial charge in [-0.1, -0.05) is 41.9 Å². The number of hydrogen-bond donors (Lipinski definition) is 2. The molecule has 0 aliphatic heterocycles. The lowest BCUT2D eigenvalue weighted by Crippen LogP contribution is -2.30. The lowest BCUT2D eigenvalue weighted by Gasteiger charge is -2.14. The topological polar surface area (TPSA) is 93.7 Å². The lowest BCUT2D eigenvalue weighted by molar-refractivity contribution is -0.118. The van der Waals surface area contributed by atoms with Gasteiger partial charge in [-0.3, -0.25) is 4.79 Å². The summed E-state index contributed by atoms with van der Waals surface area (Å²) in [4.78, 5) is 12.4. The molecule has 3 rings (SSSR count). The Hall–Kier alpha value is -3.07. The van der Waals surface area contributed by atoms with Gasteiger partial charge >= 0.3 is 0 Å². The van der Waals surface area contributed by atoms with E-state index in [0.29, 0.717) is 17.2 Å². The van der Waals surface area contributed by atoms with E-state index in [1.54, 1.807) is 38.1 Å². The largest absolute Gasteiger partial charge is 0.482 e. The number of halogens is 1. The van der Waals surface area contributed by atoms with E-state index in [-0.39, 0.29) is 28.3 Å². The zero-order valence-electron chi connectivity index (χ0n) is 17.5. The molecule has 0 aliphatic rings. The van der Waals surface area contributed by atoms with Crippen LogP contribution in [0.15, 0.2) is 77.7 Å². The number of hydrogen-bond acceptors (Lipinski definition) is 5. The molecule has 32 heavy (non-hydrogen) atoms. The molecular weight excluding hydrogens is 452 g/mol. The molecule has 168 valence electrons. The molecule has 3 aromatic carbocycles. The van der Waals surface area contributed by atoms with E-state index in [0.717, 1.165) is 0 Å². The molecule has 0 atom stereocenters. The zero-order chi connectivity index (χ0) is 23.1. The standard InChI is InChI=1S/C23H23ClN2O5S/c1-16(2)26-32(28,29)18-12-13-21(19(24)14-18)30-15-23(27)25-20-10-6-7-11-22(20)31-17-8-4-3-5-9-17/h3-14,16,26H,15H2,1-2H3,(H,25,27). The highest BCUT2D eigenvalue weighted by Gasteiger charge is 2.18. The molecule has 0 aromatic heterocycles. The third kappa shape index (κ3) is 6.46. The highest BCUT2D eigenvalue weighted by Crippen LogP contribution is 2.30. The first-order chi connectivity index (χ1) is 15.2. The summed E-state index contributed by atoms with van der Waals surface area (Å²) in [6.07, 6.45) is 0. The molecule has 9 heteroatoms. The van der Waals surface area contributed by atoms with Gasteiger partial charge in [0.05, 0.1) is 15.6 Å². The predicted molar refractivity (Wildman–Crippen MR) is 124 cm³/mol. The maximum atomic E-state index is 12.4. The smallest absolute Gasteiger partial charge is 0.262 e. The molecule has 1 amide bonds. The van der Waals surface area contributed by atoms with Gasteiger partial charge < -0.3 is 14.8 Å². The molecule has 0 aliphatic carbocycles. The van der Waals surface area contributed by atoms with Crippen molar-refractivity contribution >= 4 is 33.2 Å². The molecule has 0 heterocycles. The lowest BCUT2D eigenvalue weighted by atomic mass is 10.3. The summed E-state index contributed by atoms with van der Waals surface area (Å²) >= 11 is 6.16.